The van der Waals surface area contributed by atoms with E-state index < -0.39 is 11.6 Å². The van der Waals surface area contributed by atoms with E-state index in [-0.39, 0.29) is 24.1 Å². The van der Waals surface area contributed by atoms with E-state index in [0.29, 0.717) is 6.54 Å². The molecule has 1 aliphatic rings. The summed E-state index contributed by atoms with van der Waals surface area (Å²) in [6.45, 7) is 0.970. The molecule has 1 atom stereocenters. The van der Waals surface area contributed by atoms with Crippen LogP contribution in [0.2, 0.25) is 0 Å². The van der Waals surface area contributed by atoms with Crippen LogP contribution in [0.4, 0.5) is 8.78 Å². The number of halogens is 2. The van der Waals surface area contributed by atoms with Crippen LogP contribution in [0.5, 0.6) is 5.75 Å². The zero-order valence-electron chi connectivity index (χ0n) is 16.9. The van der Waals surface area contributed by atoms with Crippen LogP contribution in [0.1, 0.15) is 22.7 Å². The highest BCUT2D eigenvalue weighted by molar-refractivity contribution is 5.95. The smallest absolute Gasteiger partial charge is 0.222 e. The van der Waals surface area contributed by atoms with Crippen LogP contribution < -0.4 is 4.74 Å². The maximum Gasteiger partial charge on any atom is 0.222 e. The summed E-state index contributed by atoms with van der Waals surface area (Å²) in [6, 6.07) is 19.6. The largest absolute Gasteiger partial charge is 0.497 e. The van der Waals surface area contributed by atoms with Crippen molar-refractivity contribution in [2.24, 2.45) is 4.99 Å². The average molecular weight is 418 g/mol. The predicted molar refractivity (Wildman–Crippen MR) is 116 cm³/mol. The Labute approximate surface area is 178 Å². The number of aromatic nitrogens is 1. The van der Waals surface area contributed by atoms with Crippen molar-refractivity contribution in [2.45, 2.75) is 12.6 Å². The molecular formula is C25H20F2N2O2. The fourth-order valence-corrected chi connectivity index (χ4v) is 3.85. The highest BCUT2D eigenvalue weighted by Gasteiger charge is 2.26. The summed E-state index contributed by atoms with van der Waals surface area (Å²) in [4.78, 5) is 4.41. The minimum atomic E-state index is -0.676. The van der Waals surface area contributed by atoms with Crippen molar-refractivity contribution in [3.63, 3.8) is 0 Å². The highest BCUT2D eigenvalue weighted by atomic mass is 19.1. The van der Waals surface area contributed by atoms with E-state index in [1.54, 1.807) is 7.11 Å². The minimum Gasteiger partial charge on any atom is -0.497 e. The molecule has 5 rings (SSSR count). The first-order valence-corrected chi connectivity index (χ1v) is 9.99. The molecule has 4 aromatic rings. The van der Waals surface area contributed by atoms with Gasteiger partial charge in [0.2, 0.25) is 5.90 Å². The number of nitrogens with zero attached hydrogens (tertiary/aromatic N) is 2. The van der Waals surface area contributed by atoms with Crippen molar-refractivity contribution in [1.29, 1.82) is 0 Å². The first kappa shape index (κ1) is 19.3. The summed E-state index contributed by atoms with van der Waals surface area (Å²) < 4.78 is 41.0. The molecule has 0 aliphatic carbocycles. The van der Waals surface area contributed by atoms with Gasteiger partial charge in [0.25, 0.3) is 0 Å². The standard InChI is InChI=1S/C25H20F2N2O2/c1-30-19-10-9-18-11-12-29(23(18)13-19)14-16-5-7-17(8-6-16)22-15-31-25(28-22)24-20(26)3-2-4-21(24)27/h2-13,22H,14-15H2,1H3. The molecule has 0 radical (unpaired) electrons. The summed E-state index contributed by atoms with van der Waals surface area (Å²) in [5.74, 6) is -0.517. The SMILES string of the molecule is COc1ccc2ccn(Cc3ccc(C4COC(c5c(F)cccc5F)=N4)cc3)c2c1. The van der Waals surface area contributed by atoms with Crippen LogP contribution in [0.25, 0.3) is 10.9 Å². The van der Waals surface area contributed by atoms with Crippen molar-refractivity contribution in [2.75, 3.05) is 13.7 Å². The Morgan fingerprint density at radius 1 is 1.03 bits per heavy atom. The fourth-order valence-electron chi connectivity index (χ4n) is 3.85. The molecule has 0 fully saturated rings. The molecule has 0 bridgehead atoms. The number of methoxy groups -OCH3 is 1. The van der Waals surface area contributed by atoms with Crippen LogP contribution in [0.3, 0.4) is 0 Å². The third-order valence-electron chi connectivity index (χ3n) is 5.53. The third-order valence-corrected chi connectivity index (χ3v) is 5.53. The maximum absolute atomic E-state index is 14.0. The number of hydrogen-bond acceptors (Lipinski definition) is 3. The molecule has 31 heavy (non-hydrogen) atoms. The molecule has 1 aromatic heterocycles. The fraction of sp³-hybridized carbons (Fsp3) is 0.160. The average Bonchev–Trinajstić information content (AvgIpc) is 3.42. The molecule has 4 nitrogen and oxygen atoms in total. The number of rotatable bonds is 5. The monoisotopic (exact) mass is 418 g/mol. The Hall–Kier alpha value is -3.67. The van der Waals surface area contributed by atoms with Gasteiger partial charge in [0.15, 0.2) is 0 Å². The second-order valence-corrected chi connectivity index (χ2v) is 7.47. The Morgan fingerprint density at radius 2 is 1.81 bits per heavy atom. The van der Waals surface area contributed by atoms with E-state index in [2.05, 4.69) is 21.8 Å². The first-order valence-electron chi connectivity index (χ1n) is 9.99. The van der Waals surface area contributed by atoms with Crippen molar-refractivity contribution < 1.29 is 18.3 Å². The van der Waals surface area contributed by atoms with Crippen LogP contribution >= 0.6 is 0 Å². The van der Waals surface area contributed by atoms with Crippen molar-refractivity contribution in [1.82, 2.24) is 4.57 Å². The minimum absolute atomic E-state index is 0.0115. The van der Waals surface area contributed by atoms with E-state index in [0.717, 1.165) is 27.8 Å². The van der Waals surface area contributed by atoms with E-state index in [4.69, 9.17) is 9.47 Å². The van der Waals surface area contributed by atoms with Gasteiger partial charge in [-0.05, 0) is 46.8 Å². The van der Waals surface area contributed by atoms with E-state index in [1.165, 1.54) is 18.2 Å². The normalized spacial score (nSPS) is 15.7. The second kappa shape index (κ2) is 7.87. The molecule has 6 heteroatoms. The Morgan fingerprint density at radius 3 is 2.55 bits per heavy atom. The third kappa shape index (κ3) is 3.65. The molecule has 1 aliphatic heterocycles. The van der Waals surface area contributed by atoms with Crippen LogP contribution in [-0.4, -0.2) is 24.2 Å². The molecule has 0 saturated carbocycles. The maximum atomic E-state index is 14.0. The van der Waals surface area contributed by atoms with Crippen molar-refractivity contribution in [3.8, 4) is 5.75 Å². The molecule has 0 N–H and O–H groups in total. The zero-order chi connectivity index (χ0) is 21.4. The lowest BCUT2D eigenvalue weighted by Crippen LogP contribution is -2.07. The number of fused-ring (bicyclic) bond motifs is 1. The summed E-state index contributed by atoms with van der Waals surface area (Å²) in [7, 11) is 1.66. The van der Waals surface area contributed by atoms with Gasteiger partial charge in [0, 0.05) is 18.8 Å². The topological polar surface area (TPSA) is 35.8 Å². The molecule has 0 amide bonds. The molecule has 0 saturated heterocycles. The Balaban J connectivity index is 1.36. The van der Waals surface area contributed by atoms with Crippen LogP contribution in [-0.2, 0) is 11.3 Å². The van der Waals surface area contributed by atoms with Gasteiger partial charge >= 0.3 is 0 Å². The van der Waals surface area contributed by atoms with Gasteiger partial charge in [-0.3, -0.25) is 0 Å². The number of ether oxygens (including phenoxy) is 2. The lowest BCUT2D eigenvalue weighted by Gasteiger charge is -2.09. The van der Waals surface area contributed by atoms with E-state index in [9.17, 15) is 8.78 Å². The first-order chi connectivity index (χ1) is 15.1. The molecule has 3 aromatic carbocycles. The number of aliphatic imine (C=N–C) groups is 1. The molecule has 1 unspecified atom stereocenters. The molecular weight excluding hydrogens is 398 g/mol. The second-order valence-electron chi connectivity index (χ2n) is 7.47. The van der Waals surface area contributed by atoms with Gasteiger partial charge in [0.05, 0.1) is 12.6 Å². The lowest BCUT2D eigenvalue weighted by molar-refractivity contribution is 0.317. The lowest BCUT2D eigenvalue weighted by atomic mass is 10.1. The Bertz CT molecular complexity index is 1260. The Kier molecular flexibility index (Phi) is 4.90. The van der Waals surface area contributed by atoms with Crippen molar-refractivity contribution in [3.05, 3.63) is 101 Å². The van der Waals surface area contributed by atoms with Gasteiger partial charge < -0.3 is 14.0 Å². The molecule has 0 spiro atoms. The number of hydrogen-bond donors (Lipinski definition) is 0. The van der Waals surface area contributed by atoms with E-state index >= 15 is 0 Å². The zero-order valence-corrected chi connectivity index (χ0v) is 16.9. The summed E-state index contributed by atoms with van der Waals surface area (Å²) in [6.07, 6.45) is 2.06. The van der Waals surface area contributed by atoms with E-state index in [1.807, 2.05) is 42.5 Å². The summed E-state index contributed by atoms with van der Waals surface area (Å²) in [5, 5.41) is 1.16. The quantitative estimate of drug-likeness (QED) is 0.429. The van der Waals surface area contributed by atoms with Gasteiger partial charge in [-0.25, -0.2) is 13.8 Å². The highest BCUT2D eigenvalue weighted by Crippen LogP contribution is 2.28. The molecule has 2 heterocycles. The van der Waals surface area contributed by atoms with Crippen LogP contribution in [0.15, 0.2) is 77.9 Å². The van der Waals surface area contributed by atoms with Gasteiger partial charge in [-0.1, -0.05) is 30.3 Å². The van der Waals surface area contributed by atoms with Gasteiger partial charge in [-0.15, -0.1) is 0 Å². The summed E-state index contributed by atoms with van der Waals surface area (Å²) in [5.41, 5.74) is 2.96. The number of benzene rings is 3. The van der Waals surface area contributed by atoms with Crippen LogP contribution in [0, 0.1) is 11.6 Å². The van der Waals surface area contributed by atoms with Crippen molar-refractivity contribution >= 4 is 16.8 Å². The molecule has 156 valence electrons. The predicted octanol–water partition coefficient (Wildman–Crippen LogP) is 5.49. The van der Waals surface area contributed by atoms with Gasteiger partial charge in [-0.2, -0.15) is 0 Å². The van der Waals surface area contributed by atoms with Gasteiger partial charge in [0.1, 0.15) is 35.6 Å². The summed E-state index contributed by atoms with van der Waals surface area (Å²) >= 11 is 0.